The molecular weight excluding hydrogens is 309 g/mol. The van der Waals surface area contributed by atoms with Crippen LogP contribution in [0.25, 0.3) is 0 Å². The van der Waals surface area contributed by atoms with Gasteiger partial charge in [0, 0.05) is 18.0 Å². The van der Waals surface area contributed by atoms with E-state index in [2.05, 4.69) is 16.8 Å². The number of aliphatic imine (C=N–C) groups is 1. The van der Waals surface area contributed by atoms with Crippen molar-refractivity contribution in [1.82, 2.24) is 9.88 Å². The highest BCUT2D eigenvalue weighted by Gasteiger charge is 2.45. The molecule has 5 heteroatoms. The molecule has 3 nitrogen and oxygen atoms in total. The summed E-state index contributed by atoms with van der Waals surface area (Å²) in [6.45, 7) is 2.21. The summed E-state index contributed by atoms with van der Waals surface area (Å²) in [4.78, 5) is 11.9. The molecule has 0 unspecified atom stereocenters. The average Bonchev–Trinajstić information content (AvgIpc) is 3.15. The van der Waals surface area contributed by atoms with Crippen molar-refractivity contribution in [3.63, 3.8) is 0 Å². The average molecular weight is 327 g/mol. The van der Waals surface area contributed by atoms with E-state index in [9.17, 15) is 4.39 Å². The van der Waals surface area contributed by atoms with Gasteiger partial charge in [0.05, 0.1) is 11.7 Å². The fourth-order valence-corrected chi connectivity index (χ4v) is 4.71. The second kappa shape index (κ2) is 5.96. The van der Waals surface area contributed by atoms with Crippen molar-refractivity contribution in [2.75, 3.05) is 5.75 Å². The van der Waals surface area contributed by atoms with Crippen LogP contribution in [-0.4, -0.2) is 26.8 Å². The monoisotopic (exact) mass is 327 g/mol. The standard InChI is InChI=1S/C18H18FN3S/c1-2-14-11-23-18-21-16(15-5-3-4-10-20-15)17(22(14)18)12-6-8-13(19)9-7-12/h3-10,14,16-17H,2,11H2,1H3/t14-,16-,17+/m0/s1. The van der Waals surface area contributed by atoms with E-state index in [0.717, 1.165) is 28.6 Å². The number of hydrogen-bond donors (Lipinski definition) is 0. The molecule has 2 aliphatic rings. The molecule has 118 valence electrons. The fraction of sp³-hybridized carbons (Fsp3) is 0.333. The number of fused-ring (bicyclic) bond motifs is 1. The maximum atomic E-state index is 13.3. The molecule has 4 rings (SSSR count). The third-order valence-corrected chi connectivity index (χ3v) is 5.67. The molecule has 1 aromatic heterocycles. The van der Waals surface area contributed by atoms with Gasteiger partial charge in [-0.3, -0.25) is 9.98 Å². The van der Waals surface area contributed by atoms with Gasteiger partial charge in [0.25, 0.3) is 0 Å². The van der Waals surface area contributed by atoms with E-state index in [0.29, 0.717) is 6.04 Å². The third kappa shape index (κ3) is 2.53. The first kappa shape index (κ1) is 14.7. The molecule has 1 fully saturated rings. The van der Waals surface area contributed by atoms with Gasteiger partial charge in [0.2, 0.25) is 0 Å². The van der Waals surface area contributed by atoms with E-state index in [-0.39, 0.29) is 17.9 Å². The van der Waals surface area contributed by atoms with Crippen molar-refractivity contribution in [3.8, 4) is 0 Å². The van der Waals surface area contributed by atoms with E-state index in [4.69, 9.17) is 4.99 Å². The molecule has 0 radical (unpaired) electrons. The minimum absolute atomic E-state index is 0.0292. The molecule has 3 heterocycles. The summed E-state index contributed by atoms with van der Waals surface area (Å²) in [6.07, 6.45) is 2.89. The summed E-state index contributed by atoms with van der Waals surface area (Å²) in [5.74, 6) is 0.868. The van der Waals surface area contributed by atoms with Crippen molar-refractivity contribution in [1.29, 1.82) is 0 Å². The Morgan fingerprint density at radius 3 is 2.74 bits per heavy atom. The van der Waals surface area contributed by atoms with Gasteiger partial charge in [-0.2, -0.15) is 0 Å². The number of rotatable bonds is 3. The molecule has 1 saturated heterocycles. The summed E-state index contributed by atoms with van der Waals surface area (Å²) in [7, 11) is 0. The molecule has 0 aliphatic carbocycles. The maximum Gasteiger partial charge on any atom is 0.160 e. The first-order valence-electron chi connectivity index (χ1n) is 7.93. The number of hydrogen-bond acceptors (Lipinski definition) is 4. The van der Waals surface area contributed by atoms with Gasteiger partial charge in [-0.05, 0) is 36.2 Å². The van der Waals surface area contributed by atoms with E-state index in [1.807, 2.05) is 48.3 Å². The Kier molecular flexibility index (Phi) is 3.81. The van der Waals surface area contributed by atoms with Crippen LogP contribution in [0.1, 0.15) is 36.7 Å². The quantitative estimate of drug-likeness (QED) is 0.846. The first-order chi connectivity index (χ1) is 11.3. The molecule has 0 bridgehead atoms. The Morgan fingerprint density at radius 2 is 2.04 bits per heavy atom. The summed E-state index contributed by atoms with van der Waals surface area (Å²) in [5.41, 5.74) is 2.07. The Labute approximate surface area is 139 Å². The van der Waals surface area contributed by atoms with E-state index in [1.54, 1.807) is 0 Å². The third-order valence-electron chi connectivity index (χ3n) is 4.54. The predicted molar refractivity (Wildman–Crippen MR) is 91.9 cm³/mol. The first-order valence-corrected chi connectivity index (χ1v) is 8.92. The largest absolute Gasteiger partial charge is 0.338 e. The molecule has 2 aliphatic heterocycles. The van der Waals surface area contributed by atoms with Gasteiger partial charge >= 0.3 is 0 Å². The van der Waals surface area contributed by atoms with Gasteiger partial charge < -0.3 is 4.90 Å². The maximum absolute atomic E-state index is 13.3. The smallest absolute Gasteiger partial charge is 0.160 e. The Bertz CT molecular complexity index is 717. The molecule has 0 saturated carbocycles. The SMILES string of the molecule is CC[C@H]1CSC2=N[C@@H](c3ccccn3)[C@@H](c3ccc(F)cc3)N21. The van der Waals surface area contributed by atoms with Crippen LogP contribution in [0.4, 0.5) is 4.39 Å². The number of pyridine rings is 1. The molecule has 0 N–H and O–H groups in total. The second-order valence-electron chi connectivity index (χ2n) is 5.89. The van der Waals surface area contributed by atoms with Crippen LogP contribution in [0.2, 0.25) is 0 Å². The van der Waals surface area contributed by atoms with Gasteiger partial charge in [0.1, 0.15) is 11.9 Å². The Hall–Kier alpha value is -1.88. The van der Waals surface area contributed by atoms with Gasteiger partial charge in [-0.25, -0.2) is 4.39 Å². The minimum atomic E-state index is -0.204. The van der Waals surface area contributed by atoms with Gasteiger partial charge in [-0.15, -0.1) is 0 Å². The summed E-state index contributed by atoms with van der Waals surface area (Å²) >= 11 is 1.82. The lowest BCUT2D eigenvalue weighted by Gasteiger charge is -2.31. The van der Waals surface area contributed by atoms with E-state index < -0.39 is 0 Å². The molecule has 1 aromatic carbocycles. The van der Waals surface area contributed by atoms with Crippen LogP contribution in [-0.2, 0) is 0 Å². The van der Waals surface area contributed by atoms with Crippen molar-refractivity contribution in [2.24, 2.45) is 4.99 Å². The highest BCUT2D eigenvalue weighted by atomic mass is 32.2. The lowest BCUT2D eigenvalue weighted by molar-refractivity contribution is 0.255. The van der Waals surface area contributed by atoms with Gasteiger partial charge in [-0.1, -0.05) is 36.9 Å². The lowest BCUT2D eigenvalue weighted by atomic mass is 9.95. The minimum Gasteiger partial charge on any atom is -0.338 e. The summed E-state index contributed by atoms with van der Waals surface area (Å²) in [6, 6.07) is 13.3. The van der Waals surface area contributed by atoms with Crippen LogP contribution in [0.5, 0.6) is 0 Å². The van der Waals surface area contributed by atoms with Crippen molar-refractivity contribution in [3.05, 3.63) is 65.7 Å². The molecule has 3 atom stereocenters. The zero-order chi connectivity index (χ0) is 15.8. The van der Waals surface area contributed by atoms with Crippen molar-refractivity contribution >= 4 is 16.9 Å². The lowest BCUT2D eigenvalue weighted by Crippen LogP contribution is -2.35. The van der Waals surface area contributed by atoms with Crippen LogP contribution < -0.4 is 0 Å². The van der Waals surface area contributed by atoms with Crippen LogP contribution in [0.3, 0.4) is 0 Å². The molecule has 23 heavy (non-hydrogen) atoms. The topological polar surface area (TPSA) is 28.5 Å². The zero-order valence-electron chi connectivity index (χ0n) is 12.9. The van der Waals surface area contributed by atoms with Gasteiger partial charge in [0.15, 0.2) is 5.17 Å². The fourth-order valence-electron chi connectivity index (χ4n) is 3.37. The number of halogens is 1. The summed E-state index contributed by atoms with van der Waals surface area (Å²) in [5, 5.41) is 1.10. The van der Waals surface area contributed by atoms with E-state index in [1.165, 1.54) is 12.1 Å². The Balaban J connectivity index is 1.78. The van der Waals surface area contributed by atoms with E-state index >= 15 is 0 Å². The van der Waals surface area contributed by atoms with Crippen LogP contribution >= 0.6 is 11.8 Å². The number of benzene rings is 1. The van der Waals surface area contributed by atoms with Crippen molar-refractivity contribution < 1.29 is 4.39 Å². The summed E-state index contributed by atoms with van der Waals surface area (Å²) < 4.78 is 13.3. The zero-order valence-corrected chi connectivity index (χ0v) is 13.7. The van der Waals surface area contributed by atoms with Crippen LogP contribution in [0.15, 0.2) is 53.7 Å². The van der Waals surface area contributed by atoms with Crippen molar-refractivity contribution in [2.45, 2.75) is 31.5 Å². The normalized spacial score (nSPS) is 26.3. The number of aromatic nitrogens is 1. The van der Waals surface area contributed by atoms with Crippen LogP contribution in [0, 0.1) is 5.82 Å². The Morgan fingerprint density at radius 1 is 1.22 bits per heavy atom. The molecule has 0 spiro atoms. The molecule has 2 aromatic rings. The highest BCUT2D eigenvalue weighted by molar-refractivity contribution is 8.14. The molecular formula is C18H18FN3S. The number of nitrogens with zero attached hydrogens (tertiary/aromatic N) is 3. The number of amidine groups is 1. The second-order valence-corrected chi connectivity index (χ2v) is 6.88. The number of thioether (sulfide) groups is 1. The highest BCUT2D eigenvalue weighted by Crippen LogP contribution is 2.48. The molecule has 0 amide bonds. The predicted octanol–water partition coefficient (Wildman–Crippen LogP) is 4.20.